The van der Waals surface area contributed by atoms with Crippen LogP contribution in [-0.4, -0.2) is 37.4 Å². The second kappa shape index (κ2) is 8.15. The van der Waals surface area contributed by atoms with E-state index >= 15 is 0 Å². The fourth-order valence-corrected chi connectivity index (χ4v) is 3.59. The molecule has 0 bridgehead atoms. The van der Waals surface area contributed by atoms with Crippen molar-refractivity contribution in [2.24, 2.45) is 5.92 Å². The average molecular weight is 378 g/mol. The average Bonchev–Trinajstić information content (AvgIpc) is 3.52. The molecule has 1 heterocycles. The van der Waals surface area contributed by atoms with E-state index in [0.29, 0.717) is 11.4 Å². The van der Waals surface area contributed by atoms with Crippen LogP contribution in [-0.2, 0) is 0 Å². The van der Waals surface area contributed by atoms with E-state index in [9.17, 15) is 4.39 Å². The van der Waals surface area contributed by atoms with Crippen LogP contribution in [0.1, 0.15) is 19.3 Å². The molecule has 4 rings (SSSR count). The quantitative estimate of drug-likeness (QED) is 0.513. The Morgan fingerprint density at radius 2 is 2.00 bits per heavy atom. The van der Waals surface area contributed by atoms with E-state index in [1.807, 2.05) is 30.3 Å². The van der Waals surface area contributed by atoms with Gasteiger partial charge >= 0.3 is 0 Å². The molecule has 1 fully saturated rings. The number of hydrogen-bond acceptors (Lipinski definition) is 3. The maximum absolute atomic E-state index is 14.1. The minimum absolute atomic E-state index is 0.238. The van der Waals surface area contributed by atoms with Crippen LogP contribution in [0.4, 0.5) is 10.1 Å². The summed E-state index contributed by atoms with van der Waals surface area (Å²) < 4.78 is 14.1. The zero-order chi connectivity index (χ0) is 19.5. The molecule has 3 N–H and O–H groups in total. The molecule has 2 aliphatic rings. The molecule has 0 spiro atoms. The third kappa shape index (κ3) is 4.42. The van der Waals surface area contributed by atoms with Crippen molar-refractivity contribution in [3.63, 3.8) is 0 Å². The summed E-state index contributed by atoms with van der Waals surface area (Å²) in [5, 5.41) is 15.5. The number of anilines is 1. The number of nitrogens with one attached hydrogen (secondary N) is 3. The van der Waals surface area contributed by atoms with E-state index in [4.69, 9.17) is 5.41 Å². The van der Waals surface area contributed by atoms with Crippen molar-refractivity contribution in [1.29, 1.82) is 5.41 Å². The number of likely N-dealkylation sites (N-methyl/N-ethyl adjacent to an activating group) is 1. The van der Waals surface area contributed by atoms with Crippen LogP contribution in [0.5, 0.6) is 0 Å². The number of amidine groups is 1. The predicted molar refractivity (Wildman–Crippen MR) is 113 cm³/mol. The van der Waals surface area contributed by atoms with Crippen molar-refractivity contribution in [3.05, 3.63) is 65.6 Å². The molecule has 0 aromatic heterocycles. The van der Waals surface area contributed by atoms with Gasteiger partial charge in [0, 0.05) is 48.6 Å². The van der Waals surface area contributed by atoms with Crippen LogP contribution >= 0.6 is 0 Å². The Hall–Kier alpha value is -2.66. The van der Waals surface area contributed by atoms with Gasteiger partial charge in [0.2, 0.25) is 0 Å². The highest BCUT2D eigenvalue weighted by atomic mass is 19.1. The zero-order valence-electron chi connectivity index (χ0n) is 16.3. The summed E-state index contributed by atoms with van der Waals surface area (Å²) in [6.45, 7) is 2.77. The first-order valence-corrected chi connectivity index (χ1v) is 9.95. The third-order valence-corrected chi connectivity index (χ3v) is 5.46. The Bertz CT molecular complexity index is 901. The second-order valence-electron chi connectivity index (χ2n) is 7.83. The number of benzene rings is 2. The van der Waals surface area contributed by atoms with Gasteiger partial charge in [-0.05, 0) is 49.6 Å². The van der Waals surface area contributed by atoms with Crippen LogP contribution in [0.15, 0.2) is 59.8 Å². The SMILES string of the molecule is CN1CCC(NCC2CC2)=C(C(=N)Nc2cccc(-c3ccccc3F)c2)C1. The number of nitrogens with zero attached hydrogens (tertiary/aromatic N) is 1. The number of hydrogen-bond donors (Lipinski definition) is 3. The van der Waals surface area contributed by atoms with Gasteiger partial charge in [-0.1, -0.05) is 30.3 Å². The molecule has 1 saturated carbocycles. The fraction of sp³-hybridized carbons (Fsp3) is 0.348. The Morgan fingerprint density at radius 1 is 1.18 bits per heavy atom. The smallest absolute Gasteiger partial charge is 0.131 e. The molecule has 0 atom stereocenters. The van der Waals surface area contributed by atoms with Crippen molar-refractivity contribution in [2.75, 3.05) is 32.0 Å². The van der Waals surface area contributed by atoms with Gasteiger partial charge in [0.05, 0.1) is 0 Å². The van der Waals surface area contributed by atoms with Gasteiger partial charge in [0.15, 0.2) is 0 Å². The van der Waals surface area contributed by atoms with Crippen LogP contribution in [0, 0.1) is 17.1 Å². The van der Waals surface area contributed by atoms with Crippen LogP contribution in [0.3, 0.4) is 0 Å². The molecule has 1 aliphatic carbocycles. The zero-order valence-corrected chi connectivity index (χ0v) is 16.3. The maximum Gasteiger partial charge on any atom is 0.131 e. The fourth-order valence-electron chi connectivity index (χ4n) is 3.59. The standard InChI is InChI=1S/C23H27FN4/c1-28-12-11-22(26-14-16-9-10-16)20(15-28)23(25)27-18-6-4-5-17(13-18)19-7-2-3-8-21(19)24/h2-8,13,16,26H,9-12,14-15H2,1H3,(H2,25,27). The molecule has 0 saturated heterocycles. The lowest BCUT2D eigenvalue weighted by Crippen LogP contribution is -2.37. The van der Waals surface area contributed by atoms with E-state index in [0.717, 1.165) is 48.8 Å². The normalized spacial score (nSPS) is 17.5. The summed E-state index contributed by atoms with van der Waals surface area (Å²) in [6, 6.07) is 14.4. The lowest BCUT2D eigenvalue weighted by atomic mass is 10.0. The van der Waals surface area contributed by atoms with Gasteiger partial charge in [-0.2, -0.15) is 0 Å². The van der Waals surface area contributed by atoms with Crippen molar-refractivity contribution in [3.8, 4) is 11.1 Å². The van der Waals surface area contributed by atoms with Gasteiger partial charge < -0.3 is 15.5 Å². The van der Waals surface area contributed by atoms with Gasteiger partial charge in [0.25, 0.3) is 0 Å². The number of halogens is 1. The molecule has 5 heteroatoms. The first kappa shape index (κ1) is 18.7. The van der Waals surface area contributed by atoms with E-state index in [2.05, 4.69) is 22.6 Å². The molecule has 4 nitrogen and oxygen atoms in total. The van der Waals surface area contributed by atoms with Crippen LogP contribution < -0.4 is 10.6 Å². The van der Waals surface area contributed by atoms with E-state index in [1.54, 1.807) is 12.1 Å². The van der Waals surface area contributed by atoms with Gasteiger partial charge in [-0.15, -0.1) is 0 Å². The highest BCUT2D eigenvalue weighted by Crippen LogP contribution is 2.29. The Balaban J connectivity index is 1.53. The maximum atomic E-state index is 14.1. The largest absolute Gasteiger partial charge is 0.388 e. The first-order chi connectivity index (χ1) is 13.6. The molecular formula is C23H27FN4. The molecule has 146 valence electrons. The van der Waals surface area contributed by atoms with Gasteiger partial charge in [-0.25, -0.2) is 4.39 Å². The topological polar surface area (TPSA) is 51.2 Å². The molecule has 1 aliphatic heterocycles. The lowest BCUT2D eigenvalue weighted by Gasteiger charge is -2.29. The second-order valence-corrected chi connectivity index (χ2v) is 7.83. The summed E-state index contributed by atoms with van der Waals surface area (Å²) in [5.41, 5.74) is 4.38. The van der Waals surface area contributed by atoms with Crippen LogP contribution in [0.2, 0.25) is 0 Å². The highest BCUT2D eigenvalue weighted by molar-refractivity contribution is 6.07. The van der Waals surface area contributed by atoms with Crippen molar-refractivity contribution in [2.45, 2.75) is 19.3 Å². The summed E-state index contributed by atoms with van der Waals surface area (Å²) in [7, 11) is 2.09. The summed E-state index contributed by atoms with van der Waals surface area (Å²) in [4.78, 5) is 2.24. The summed E-state index contributed by atoms with van der Waals surface area (Å²) in [5.74, 6) is 0.974. The van der Waals surface area contributed by atoms with Gasteiger partial charge in [0.1, 0.15) is 11.7 Å². The van der Waals surface area contributed by atoms with E-state index < -0.39 is 0 Å². The summed E-state index contributed by atoms with van der Waals surface area (Å²) >= 11 is 0. The molecule has 2 aromatic rings. The minimum Gasteiger partial charge on any atom is -0.388 e. The van der Waals surface area contributed by atoms with Crippen LogP contribution in [0.25, 0.3) is 11.1 Å². The molecular weight excluding hydrogens is 351 g/mol. The molecule has 2 aromatic carbocycles. The minimum atomic E-state index is -0.238. The predicted octanol–water partition coefficient (Wildman–Crippen LogP) is 4.47. The monoisotopic (exact) mass is 378 g/mol. The van der Waals surface area contributed by atoms with Crippen molar-refractivity contribution in [1.82, 2.24) is 10.2 Å². The highest BCUT2D eigenvalue weighted by Gasteiger charge is 2.24. The first-order valence-electron chi connectivity index (χ1n) is 9.95. The van der Waals surface area contributed by atoms with Gasteiger partial charge in [-0.3, -0.25) is 5.41 Å². The van der Waals surface area contributed by atoms with E-state index in [-0.39, 0.29) is 5.82 Å². The van der Waals surface area contributed by atoms with Crippen molar-refractivity contribution < 1.29 is 4.39 Å². The summed E-state index contributed by atoms with van der Waals surface area (Å²) in [6.07, 6.45) is 3.57. The van der Waals surface area contributed by atoms with E-state index in [1.165, 1.54) is 24.6 Å². The Morgan fingerprint density at radius 3 is 2.79 bits per heavy atom. The molecule has 0 unspecified atom stereocenters. The molecule has 28 heavy (non-hydrogen) atoms. The number of rotatable bonds is 6. The van der Waals surface area contributed by atoms with Crippen molar-refractivity contribution >= 4 is 11.5 Å². The molecule has 0 amide bonds. The molecule has 0 radical (unpaired) electrons. The lowest BCUT2D eigenvalue weighted by molar-refractivity contribution is 0.346. The Labute approximate surface area is 166 Å². The third-order valence-electron chi connectivity index (χ3n) is 5.46. The Kier molecular flexibility index (Phi) is 5.44.